The molecule has 3 aliphatic rings. The van der Waals surface area contributed by atoms with Crippen LogP contribution in [0.15, 0.2) is 11.4 Å². The number of hydrogen-bond acceptors (Lipinski definition) is 4. The molecular formula is C18H26N4O2S. The first-order chi connectivity index (χ1) is 12.2. The van der Waals surface area contributed by atoms with Gasteiger partial charge in [-0.3, -0.25) is 4.79 Å². The van der Waals surface area contributed by atoms with Gasteiger partial charge in [-0.15, -0.1) is 11.3 Å². The summed E-state index contributed by atoms with van der Waals surface area (Å²) in [5.74, 6) is 0.619. The van der Waals surface area contributed by atoms with Gasteiger partial charge < -0.3 is 20.4 Å². The molecule has 1 aromatic heterocycles. The number of amides is 3. The standard InChI is InChI=1S/C18H26N4O2S/c23-17(20-10-13-8-19-9-13)15-2-1-5-21(12-15)18(24)22-6-3-16-14(11-22)4-7-25-16/h4,7,13,15,19H,1-3,5-6,8-12H2,(H,20,23). The molecule has 25 heavy (non-hydrogen) atoms. The molecule has 3 aliphatic heterocycles. The molecule has 1 aromatic rings. The van der Waals surface area contributed by atoms with Gasteiger partial charge in [0.15, 0.2) is 0 Å². The van der Waals surface area contributed by atoms with E-state index in [1.54, 1.807) is 11.3 Å². The molecule has 0 aliphatic carbocycles. The van der Waals surface area contributed by atoms with Crippen LogP contribution in [0.1, 0.15) is 23.3 Å². The van der Waals surface area contributed by atoms with Crippen LogP contribution in [0.2, 0.25) is 0 Å². The van der Waals surface area contributed by atoms with Gasteiger partial charge in [-0.2, -0.15) is 0 Å². The monoisotopic (exact) mass is 362 g/mol. The summed E-state index contributed by atoms with van der Waals surface area (Å²) in [7, 11) is 0. The average Bonchev–Trinajstić information content (AvgIpc) is 3.07. The number of likely N-dealkylation sites (tertiary alicyclic amines) is 1. The van der Waals surface area contributed by atoms with E-state index in [-0.39, 0.29) is 17.9 Å². The van der Waals surface area contributed by atoms with Gasteiger partial charge in [-0.25, -0.2) is 4.79 Å². The number of nitrogens with zero attached hydrogens (tertiary/aromatic N) is 2. The van der Waals surface area contributed by atoms with E-state index >= 15 is 0 Å². The number of carbonyl (C=O) groups excluding carboxylic acids is 2. The maximum absolute atomic E-state index is 12.9. The maximum atomic E-state index is 12.9. The molecule has 2 N–H and O–H groups in total. The second-order valence-corrected chi connectivity index (χ2v) is 8.38. The lowest BCUT2D eigenvalue weighted by molar-refractivity contribution is -0.126. The zero-order valence-corrected chi connectivity index (χ0v) is 15.3. The Labute approximate surface area is 152 Å². The number of piperidine rings is 1. The predicted octanol–water partition coefficient (Wildman–Crippen LogP) is 1.27. The Morgan fingerprint density at radius 2 is 2.16 bits per heavy atom. The van der Waals surface area contributed by atoms with Crippen molar-refractivity contribution >= 4 is 23.3 Å². The van der Waals surface area contributed by atoms with Gasteiger partial charge >= 0.3 is 6.03 Å². The number of rotatable bonds is 3. The third-order valence-corrected chi connectivity index (χ3v) is 6.59. The van der Waals surface area contributed by atoms with Gasteiger partial charge in [0.2, 0.25) is 5.91 Å². The van der Waals surface area contributed by atoms with Crippen molar-refractivity contribution in [1.29, 1.82) is 0 Å². The molecule has 6 nitrogen and oxygen atoms in total. The summed E-state index contributed by atoms with van der Waals surface area (Å²) in [5, 5.41) is 8.40. The molecular weight excluding hydrogens is 336 g/mol. The van der Waals surface area contributed by atoms with Gasteiger partial charge in [0.1, 0.15) is 0 Å². The number of carbonyl (C=O) groups is 2. The molecule has 4 heterocycles. The summed E-state index contributed by atoms with van der Waals surface area (Å²) in [5.41, 5.74) is 1.28. The molecule has 2 fully saturated rings. The Morgan fingerprint density at radius 1 is 1.28 bits per heavy atom. The van der Waals surface area contributed by atoms with Crippen LogP contribution in [-0.2, 0) is 17.8 Å². The van der Waals surface area contributed by atoms with Gasteiger partial charge in [0, 0.05) is 56.6 Å². The highest BCUT2D eigenvalue weighted by molar-refractivity contribution is 7.10. The van der Waals surface area contributed by atoms with Gasteiger partial charge in [-0.05, 0) is 36.3 Å². The largest absolute Gasteiger partial charge is 0.355 e. The van der Waals surface area contributed by atoms with Crippen LogP contribution in [0.5, 0.6) is 0 Å². The van der Waals surface area contributed by atoms with E-state index < -0.39 is 0 Å². The third-order valence-electron chi connectivity index (χ3n) is 5.57. The zero-order chi connectivity index (χ0) is 17.2. The van der Waals surface area contributed by atoms with E-state index in [0.717, 1.165) is 52.0 Å². The molecule has 0 spiro atoms. The quantitative estimate of drug-likeness (QED) is 0.851. The Balaban J connectivity index is 1.31. The number of nitrogens with one attached hydrogen (secondary N) is 2. The fourth-order valence-electron chi connectivity index (χ4n) is 3.86. The SMILES string of the molecule is O=C(NCC1CNC1)C1CCCN(C(=O)N2CCc3sccc3C2)C1. The van der Waals surface area contributed by atoms with Crippen molar-refractivity contribution in [2.45, 2.75) is 25.8 Å². The topological polar surface area (TPSA) is 64.7 Å². The smallest absolute Gasteiger partial charge is 0.320 e. The van der Waals surface area contributed by atoms with Crippen molar-refractivity contribution in [1.82, 2.24) is 20.4 Å². The van der Waals surface area contributed by atoms with E-state index in [1.165, 1.54) is 10.4 Å². The third kappa shape index (κ3) is 3.67. The van der Waals surface area contributed by atoms with Crippen molar-refractivity contribution in [3.63, 3.8) is 0 Å². The maximum Gasteiger partial charge on any atom is 0.320 e. The first-order valence-corrected chi connectivity index (χ1v) is 10.2. The Bertz CT molecular complexity index is 643. The fraction of sp³-hybridized carbons (Fsp3) is 0.667. The summed E-state index contributed by atoms with van der Waals surface area (Å²) in [4.78, 5) is 30.6. The van der Waals surface area contributed by atoms with E-state index in [0.29, 0.717) is 19.0 Å². The Hall–Kier alpha value is -1.60. The number of urea groups is 1. The molecule has 0 aromatic carbocycles. The fourth-order valence-corrected chi connectivity index (χ4v) is 4.75. The van der Waals surface area contributed by atoms with Crippen molar-refractivity contribution in [3.8, 4) is 0 Å². The van der Waals surface area contributed by atoms with Crippen LogP contribution >= 0.6 is 11.3 Å². The molecule has 3 amide bonds. The molecule has 136 valence electrons. The molecule has 0 saturated carbocycles. The van der Waals surface area contributed by atoms with E-state index in [4.69, 9.17) is 0 Å². The van der Waals surface area contributed by atoms with Crippen molar-refractivity contribution in [3.05, 3.63) is 21.9 Å². The van der Waals surface area contributed by atoms with Gasteiger partial charge in [-0.1, -0.05) is 0 Å². The lowest BCUT2D eigenvalue weighted by Crippen LogP contribution is -2.52. The van der Waals surface area contributed by atoms with Crippen molar-refractivity contribution in [2.75, 3.05) is 39.3 Å². The van der Waals surface area contributed by atoms with Crippen LogP contribution in [0.3, 0.4) is 0 Å². The summed E-state index contributed by atoms with van der Waals surface area (Å²) < 4.78 is 0. The summed E-state index contributed by atoms with van der Waals surface area (Å²) in [6.45, 7) is 5.56. The van der Waals surface area contributed by atoms with Crippen LogP contribution in [0.25, 0.3) is 0 Å². The summed E-state index contributed by atoms with van der Waals surface area (Å²) in [6.07, 6.45) is 2.74. The molecule has 0 radical (unpaired) electrons. The Kier molecular flexibility index (Phi) is 4.94. The number of thiophene rings is 1. The molecule has 4 rings (SSSR count). The van der Waals surface area contributed by atoms with Gasteiger partial charge in [0.05, 0.1) is 5.92 Å². The first kappa shape index (κ1) is 16.8. The minimum absolute atomic E-state index is 0.0627. The second-order valence-electron chi connectivity index (χ2n) is 7.38. The summed E-state index contributed by atoms with van der Waals surface area (Å²) >= 11 is 1.78. The highest BCUT2D eigenvalue weighted by Gasteiger charge is 2.32. The van der Waals surface area contributed by atoms with Crippen LogP contribution in [0.4, 0.5) is 4.79 Å². The Morgan fingerprint density at radius 3 is 2.96 bits per heavy atom. The van der Waals surface area contributed by atoms with E-state index in [1.807, 2.05) is 9.80 Å². The van der Waals surface area contributed by atoms with E-state index in [9.17, 15) is 9.59 Å². The van der Waals surface area contributed by atoms with Crippen molar-refractivity contribution in [2.24, 2.45) is 11.8 Å². The molecule has 1 unspecified atom stereocenters. The van der Waals surface area contributed by atoms with Crippen LogP contribution in [-0.4, -0.2) is 61.0 Å². The zero-order valence-electron chi connectivity index (χ0n) is 14.5. The number of fused-ring (bicyclic) bond motifs is 1. The minimum Gasteiger partial charge on any atom is -0.355 e. The lowest BCUT2D eigenvalue weighted by Gasteiger charge is -2.37. The van der Waals surface area contributed by atoms with E-state index in [2.05, 4.69) is 22.1 Å². The normalized spacial score (nSPS) is 23.8. The minimum atomic E-state index is -0.0627. The highest BCUT2D eigenvalue weighted by atomic mass is 32.1. The predicted molar refractivity (Wildman–Crippen MR) is 97.5 cm³/mol. The van der Waals surface area contributed by atoms with Gasteiger partial charge in [0.25, 0.3) is 0 Å². The molecule has 0 bridgehead atoms. The summed E-state index contributed by atoms with van der Waals surface area (Å²) in [6, 6.07) is 2.22. The first-order valence-electron chi connectivity index (χ1n) is 9.28. The van der Waals surface area contributed by atoms with Crippen molar-refractivity contribution < 1.29 is 9.59 Å². The molecule has 1 atom stereocenters. The highest BCUT2D eigenvalue weighted by Crippen LogP contribution is 2.26. The lowest BCUT2D eigenvalue weighted by atomic mass is 9.96. The van der Waals surface area contributed by atoms with Crippen LogP contribution < -0.4 is 10.6 Å². The average molecular weight is 362 g/mol. The second kappa shape index (κ2) is 7.33. The molecule has 7 heteroatoms. The van der Waals surface area contributed by atoms with Crippen LogP contribution in [0, 0.1) is 11.8 Å². The molecule has 2 saturated heterocycles. The number of hydrogen-bond donors (Lipinski definition) is 2.